The van der Waals surface area contributed by atoms with Gasteiger partial charge in [-0.3, -0.25) is 4.79 Å². The number of hydrogen-bond donors (Lipinski definition) is 0. The van der Waals surface area contributed by atoms with Crippen molar-refractivity contribution in [1.29, 1.82) is 5.26 Å². The number of likely N-dealkylation sites (N-methyl/N-ethyl adjacent to an activating group) is 1. The first-order valence-electron chi connectivity index (χ1n) is 6.87. The molecule has 1 amide bonds. The van der Waals surface area contributed by atoms with Crippen molar-refractivity contribution >= 4 is 5.91 Å². The molecule has 2 aromatic carbocycles. The van der Waals surface area contributed by atoms with Crippen LogP contribution >= 0.6 is 0 Å². The summed E-state index contributed by atoms with van der Waals surface area (Å²) >= 11 is 0. The molecule has 0 spiro atoms. The number of rotatable bonds is 4. The highest BCUT2D eigenvalue weighted by molar-refractivity contribution is 5.78. The molecular formula is C18H18N2O. The summed E-state index contributed by atoms with van der Waals surface area (Å²) in [7, 11) is 1.79. The van der Waals surface area contributed by atoms with E-state index in [0.717, 1.165) is 16.7 Å². The van der Waals surface area contributed by atoms with Crippen LogP contribution in [0, 0.1) is 18.3 Å². The van der Waals surface area contributed by atoms with Crippen LogP contribution in [0.3, 0.4) is 0 Å². The van der Waals surface area contributed by atoms with Gasteiger partial charge in [0.15, 0.2) is 0 Å². The van der Waals surface area contributed by atoms with E-state index in [1.807, 2.05) is 49.4 Å². The lowest BCUT2D eigenvalue weighted by molar-refractivity contribution is -0.129. The van der Waals surface area contributed by atoms with E-state index in [9.17, 15) is 4.79 Å². The Hall–Kier alpha value is -2.60. The predicted molar refractivity (Wildman–Crippen MR) is 82.5 cm³/mol. The van der Waals surface area contributed by atoms with E-state index in [0.29, 0.717) is 18.5 Å². The van der Waals surface area contributed by atoms with Crippen LogP contribution in [-0.2, 0) is 17.8 Å². The summed E-state index contributed by atoms with van der Waals surface area (Å²) in [6.45, 7) is 2.53. The molecule has 0 heterocycles. The van der Waals surface area contributed by atoms with Crippen LogP contribution in [-0.4, -0.2) is 17.9 Å². The first-order valence-corrected chi connectivity index (χ1v) is 6.87. The van der Waals surface area contributed by atoms with Gasteiger partial charge in [0.25, 0.3) is 0 Å². The predicted octanol–water partition coefficient (Wildman–Crippen LogP) is 3.07. The molecule has 3 nitrogen and oxygen atoms in total. The van der Waals surface area contributed by atoms with E-state index in [4.69, 9.17) is 5.26 Å². The molecule has 0 radical (unpaired) electrons. The lowest BCUT2D eigenvalue weighted by atomic mass is 10.1. The SMILES string of the molecule is Cc1ccccc1CC(=O)N(C)Cc1cccc(C#N)c1. The molecule has 2 aromatic rings. The van der Waals surface area contributed by atoms with Crippen LogP contribution < -0.4 is 0 Å². The average molecular weight is 278 g/mol. The summed E-state index contributed by atoms with van der Waals surface area (Å²) in [6.07, 6.45) is 0.404. The third kappa shape index (κ3) is 3.93. The molecule has 3 heteroatoms. The van der Waals surface area contributed by atoms with Crippen molar-refractivity contribution in [3.8, 4) is 6.07 Å². The van der Waals surface area contributed by atoms with Crippen molar-refractivity contribution in [3.63, 3.8) is 0 Å². The van der Waals surface area contributed by atoms with Gasteiger partial charge in [0.2, 0.25) is 5.91 Å². The minimum atomic E-state index is 0.0756. The van der Waals surface area contributed by atoms with Gasteiger partial charge >= 0.3 is 0 Å². The lowest BCUT2D eigenvalue weighted by Gasteiger charge is -2.18. The normalized spacial score (nSPS) is 9.95. The number of amides is 1. The van der Waals surface area contributed by atoms with Crippen LogP contribution in [0.25, 0.3) is 0 Å². The molecule has 0 aliphatic heterocycles. The van der Waals surface area contributed by atoms with Crippen molar-refractivity contribution in [3.05, 3.63) is 70.8 Å². The van der Waals surface area contributed by atoms with Crippen LogP contribution in [0.5, 0.6) is 0 Å². The fraction of sp³-hybridized carbons (Fsp3) is 0.222. The third-order valence-corrected chi connectivity index (χ3v) is 3.50. The van der Waals surface area contributed by atoms with Gasteiger partial charge in [0, 0.05) is 13.6 Å². The Labute approximate surface area is 125 Å². The summed E-state index contributed by atoms with van der Waals surface area (Å²) in [4.78, 5) is 14.0. The molecule has 21 heavy (non-hydrogen) atoms. The summed E-state index contributed by atoms with van der Waals surface area (Å²) < 4.78 is 0. The Morgan fingerprint density at radius 1 is 1.19 bits per heavy atom. The third-order valence-electron chi connectivity index (χ3n) is 3.50. The highest BCUT2D eigenvalue weighted by atomic mass is 16.2. The van der Waals surface area contributed by atoms with E-state index in [-0.39, 0.29) is 5.91 Å². The van der Waals surface area contributed by atoms with Gasteiger partial charge in [-0.05, 0) is 35.7 Å². The lowest BCUT2D eigenvalue weighted by Crippen LogP contribution is -2.27. The first-order chi connectivity index (χ1) is 10.1. The molecule has 2 rings (SSSR count). The van der Waals surface area contributed by atoms with Crippen LogP contribution in [0.15, 0.2) is 48.5 Å². The van der Waals surface area contributed by atoms with Crippen LogP contribution in [0.4, 0.5) is 0 Å². The second-order valence-electron chi connectivity index (χ2n) is 5.17. The Bertz CT molecular complexity index is 686. The summed E-state index contributed by atoms with van der Waals surface area (Å²) in [5, 5.41) is 8.90. The zero-order chi connectivity index (χ0) is 15.2. The molecule has 106 valence electrons. The average Bonchev–Trinajstić information content (AvgIpc) is 2.49. The maximum atomic E-state index is 12.3. The zero-order valence-electron chi connectivity index (χ0n) is 12.3. The molecule has 0 bridgehead atoms. The standard InChI is InChI=1S/C18H18N2O/c1-14-6-3-4-9-17(14)11-18(21)20(2)13-16-8-5-7-15(10-16)12-19/h3-10H,11,13H2,1-2H3. The number of hydrogen-bond acceptors (Lipinski definition) is 2. The molecule has 0 aliphatic carbocycles. The van der Waals surface area contributed by atoms with Gasteiger partial charge in [-0.1, -0.05) is 36.4 Å². The summed E-state index contributed by atoms with van der Waals surface area (Å²) in [5.41, 5.74) is 3.77. The number of carbonyl (C=O) groups excluding carboxylic acids is 1. The zero-order valence-corrected chi connectivity index (χ0v) is 12.3. The number of benzene rings is 2. The van der Waals surface area contributed by atoms with Crippen molar-refractivity contribution in [2.24, 2.45) is 0 Å². The van der Waals surface area contributed by atoms with Crippen LogP contribution in [0.1, 0.15) is 22.3 Å². The fourth-order valence-corrected chi connectivity index (χ4v) is 2.21. The van der Waals surface area contributed by atoms with Crippen molar-refractivity contribution in [1.82, 2.24) is 4.90 Å². The second kappa shape index (κ2) is 6.71. The van der Waals surface area contributed by atoms with Gasteiger partial charge in [-0.2, -0.15) is 5.26 Å². The molecule has 0 saturated heterocycles. The van der Waals surface area contributed by atoms with Crippen molar-refractivity contribution in [2.75, 3.05) is 7.05 Å². The largest absolute Gasteiger partial charge is 0.341 e. The van der Waals surface area contributed by atoms with Crippen LogP contribution in [0.2, 0.25) is 0 Å². The Morgan fingerprint density at radius 3 is 2.67 bits per heavy atom. The maximum absolute atomic E-state index is 12.3. The van der Waals surface area contributed by atoms with Gasteiger partial charge in [0.05, 0.1) is 18.1 Å². The molecule has 0 aromatic heterocycles. The van der Waals surface area contributed by atoms with Gasteiger partial charge < -0.3 is 4.90 Å². The minimum Gasteiger partial charge on any atom is -0.341 e. The van der Waals surface area contributed by atoms with Gasteiger partial charge in [-0.15, -0.1) is 0 Å². The summed E-state index contributed by atoms with van der Waals surface area (Å²) in [6, 6.07) is 17.4. The molecule has 0 saturated carbocycles. The topological polar surface area (TPSA) is 44.1 Å². The monoisotopic (exact) mass is 278 g/mol. The van der Waals surface area contributed by atoms with Gasteiger partial charge in [-0.25, -0.2) is 0 Å². The Morgan fingerprint density at radius 2 is 1.95 bits per heavy atom. The number of nitriles is 1. The van der Waals surface area contributed by atoms with E-state index in [1.165, 1.54) is 0 Å². The van der Waals surface area contributed by atoms with E-state index in [2.05, 4.69) is 6.07 Å². The maximum Gasteiger partial charge on any atom is 0.227 e. The second-order valence-corrected chi connectivity index (χ2v) is 5.17. The van der Waals surface area contributed by atoms with E-state index < -0.39 is 0 Å². The molecule has 0 fully saturated rings. The number of nitrogens with zero attached hydrogens (tertiary/aromatic N) is 2. The quantitative estimate of drug-likeness (QED) is 0.862. The highest BCUT2D eigenvalue weighted by Gasteiger charge is 2.11. The number of carbonyl (C=O) groups is 1. The Balaban J connectivity index is 2.03. The van der Waals surface area contributed by atoms with Gasteiger partial charge in [0.1, 0.15) is 0 Å². The smallest absolute Gasteiger partial charge is 0.227 e. The van der Waals surface area contributed by atoms with E-state index >= 15 is 0 Å². The Kier molecular flexibility index (Phi) is 4.73. The summed E-state index contributed by atoms with van der Waals surface area (Å²) in [5.74, 6) is 0.0756. The van der Waals surface area contributed by atoms with Crippen molar-refractivity contribution < 1.29 is 4.79 Å². The van der Waals surface area contributed by atoms with E-state index in [1.54, 1.807) is 18.0 Å². The molecule has 0 atom stereocenters. The molecular weight excluding hydrogens is 260 g/mol. The fourth-order valence-electron chi connectivity index (χ4n) is 2.21. The molecule has 0 aliphatic rings. The molecule has 0 N–H and O–H groups in total. The minimum absolute atomic E-state index is 0.0756. The first kappa shape index (κ1) is 14.8. The van der Waals surface area contributed by atoms with Crippen molar-refractivity contribution in [2.45, 2.75) is 19.9 Å². The number of aryl methyl sites for hydroxylation is 1. The molecule has 0 unspecified atom stereocenters. The highest BCUT2D eigenvalue weighted by Crippen LogP contribution is 2.11.